The molecule has 0 aliphatic carbocycles. The molecule has 0 unspecified atom stereocenters. The van der Waals surface area contributed by atoms with Gasteiger partial charge in [-0.15, -0.1) is 0 Å². The summed E-state index contributed by atoms with van der Waals surface area (Å²) in [5.41, 5.74) is 0.0617. The largest absolute Gasteiger partial charge is 0.333 e. The van der Waals surface area contributed by atoms with Crippen molar-refractivity contribution >= 4 is 6.03 Å². The fourth-order valence-corrected chi connectivity index (χ4v) is 2.59. The van der Waals surface area contributed by atoms with Crippen LogP contribution in [-0.2, 0) is 0 Å². The Balaban J connectivity index is 4.50. The number of rotatable bonds is 6. The second-order valence-corrected chi connectivity index (χ2v) is 7.04. The number of hydrogen-bond donors (Lipinski definition) is 1. The topological polar surface area (TPSA) is 32.3 Å². The summed E-state index contributed by atoms with van der Waals surface area (Å²) in [6, 6.07) is 0.0768. The van der Waals surface area contributed by atoms with E-state index in [0.29, 0.717) is 0 Å². The molecule has 2 amide bonds. The lowest BCUT2D eigenvalue weighted by atomic mass is 9.82. The van der Waals surface area contributed by atoms with Gasteiger partial charge < -0.3 is 10.2 Å². The smallest absolute Gasteiger partial charge is 0.317 e. The Labute approximate surface area is 113 Å². The van der Waals surface area contributed by atoms with E-state index in [1.807, 2.05) is 4.90 Å². The summed E-state index contributed by atoms with van der Waals surface area (Å²) in [6.45, 7) is 16.7. The van der Waals surface area contributed by atoms with Crippen molar-refractivity contribution in [3.05, 3.63) is 0 Å². The van der Waals surface area contributed by atoms with E-state index in [9.17, 15) is 4.79 Å². The van der Waals surface area contributed by atoms with Crippen LogP contribution in [0.15, 0.2) is 0 Å². The fraction of sp³-hybridized carbons (Fsp3) is 0.933. The second-order valence-electron chi connectivity index (χ2n) is 7.04. The highest BCUT2D eigenvalue weighted by molar-refractivity contribution is 5.75. The molecule has 108 valence electrons. The van der Waals surface area contributed by atoms with Crippen LogP contribution in [0.2, 0.25) is 0 Å². The molecule has 0 atom stereocenters. The van der Waals surface area contributed by atoms with Gasteiger partial charge in [-0.05, 0) is 38.5 Å². The lowest BCUT2D eigenvalue weighted by molar-refractivity contribution is 0.174. The van der Waals surface area contributed by atoms with E-state index in [1.165, 1.54) is 0 Å². The average Bonchev–Trinajstić information content (AvgIpc) is 2.12. The Morgan fingerprint density at radius 1 is 1.00 bits per heavy atom. The SMILES string of the molecule is CCCN(CCC)C(=O)NC(C)(C)CC(C)(C)C. The van der Waals surface area contributed by atoms with Crippen molar-refractivity contribution in [1.82, 2.24) is 10.2 Å². The zero-order valence-electron chi connectivity index (χ0n) is 13.4. The third kappa shape index (κ3) is 7.57. The molecule has 18 heavy (non-hydrogen) atoms. The number of nitrogens with zero attached hydrogens (tertiary/aromatic N) is 1. The third-order valence-electron chi connectivity index (χ3n) is 2.69. The van der Waals surface area contributed by atoms with E-state index >= 15 is 0 Å². The van der Waals surface area contributed by atoms with Crippen molar-refractivity contribution < 1.29 is 4.79 Å². The Morgan fingerprint density at radius 2 is 1.44 bits per heavy atom. The van der Waals surface area contributed by atoms with Gasteiger partial charge in [0.05, 0.1) is 0 Å². The van der Waals surface area contributed by atoms with E-state index in [4.69, 9.17) is 0 Å². The summed E-state index contributed by atoms with van der Waals surface area (Å²) < 4.78 is 0. The molecule has 0 aromatic rings. The number of urea groups is 1. The first-order valence-corrected chi connectivity index (χ1v) is 7.18. The molecule has 0 aliphatic heterocycles. The quantitative estimate of drug-likeness (QED) is 0.764. The Kier molecular flexibility index (Phi) is 6.72. The van der Waals surface area contributed by atoms with Crippen LogP contribution in [0.4, 0.5) is 4.79 Å². The van der Waals surface area contributed by atoms with Crippen LogP contribution in [-0.4, -0.2) is 29.6 Å². The van der Waals surface area contributed by atoms with Gasteiger partial charge in [0.25, 0.3) is 0 Å². The van der Waals surface area contributed by atoms with Crippen LogP contribution < -0.4 is 5.32 Å². The number of carbonyl (C=O) groups excluding carboxylic acids is 1. The highest BCUT2D eigenvalue weighted by Crippen LogP contribution is 2.26. The van der Waals surface area contributed by atoms with Gasteiger partial charge in [0, 0.05) is 18.6 Å². The van der Waals surface area contributed by atoms with Gasteiger partial charge in [0.15, 0.2) is 0 Å². The maximum absolute atomic E-state index is 12.2. The zero-order chi connectivity index (χ0) is 14.4. The lowest BCUT2D eigenvalue weighted by Crippen LogP contribution is -2.51. The first-order chi connectivity index (χ1) is 8.11. The zero-order valence-corrected chi connectivity index (χ0v) is 13.4. The van der Waals surface area contributed by atoms with Gasteiger partial charge in [0.1, 0.15) is 0 Å². The lowest BCUT2D eigenvalue weighted by Gasteiger charge is -2.35. The number of amides is 2. The van der Waals surface area contributed by atoms with Crippen molar-refractivity contribution in [2.24, 2.45) is 5.41 Å². The molecule has 0 aromatic carbocycles. The highest BCUT2D eigenvalue weighted by Gasteiger charge is 2.28. The first kappa shape index (κ1) is 17.3. The van der Waals surface area contributed by atoms with E-state index in [1.54, 1.807) is 0 Å². The highest BCUT2D eigenvalue weighted by atomic mass is 16.2. The first-order valence-electron chi connectivity index (χ1n) is 7.18. The molecule has 0 radical (unpaired) electrons. The Hall–Kier alpha value is -0.730. The number of carbonyl (C=O) groups is 1. The van der Waals surface area contributed by atoms with E-state index in [-0.39, 0.29) is 17.0 Å². The molecule has 0 saturated heterocycles. The van der Waals surface area contributed by atoms with Crippen molar-refractivity contribution in [2.75, 3.05) is 13.1 Å². The van der Waals surface area contributed by atoms with Crippen molar-refractivity contribution in [3.8, 4) is 0 Å². The molecule has 0 aromatic heterocycles. The minimum absolute atomic E-state index is 0.0768. The molecule has 0 rings (SSSR count). The summed E-state index contributed by atoms with van der Waals surface area (Å²) in [4.78, 5) is 14.2. The van der Waals surface area contributed by atoms with Crippen LogP contribution >= 0.6 is 0 Å². The van der Waals surface area contributed by atoms with E-state index < -0.39 is 0 Å². The van der Waals surface area contributed by atoms with E-state index in [2.05, 4.69) is 53.8 Å². The predicted octanol–water partition coefficient (Wildman–Crippen LogP) is 4.03. The molecule has 1 N–H and O–H groups in total. The molecular formula is C15H32N2O. The van der Waals surface area contributed by atoms with Gasteiger partial charge in [-0.2, -0.15) is 0 Å². The van der Waals surface area contributed by atoms with Gasteiger partial charge in [0.2, 0.25) is 0 Å². The molecule has 3 nitrogen and oxygen atoms in total. The Morgan fingerprint density at radius 3 is 1.78 bits per heavy atom. The maximum Gasteiger partial charge on any atom is 0.317 e. The summed E-state index contributed by atoms with van der Waals surface area (Å²) in [5.74, 6) is 0. The van der Waals surface area contributed by atoms with E-state index in [0.717, 1.165) is 32.4 Å². The normalized spacial score (nSPS) is 12.4. The summed E-state index contributed by atoms with van der Waals surface area (Å²) in [6.07, 6.45) is 2.98. The minimum atomic E-state index is -0.158. The molecular weight excluding hydrogens is 224 g/mol. The molecule has 0 saturated carbocycles. The molecule has 0 heterocycles. The summed E-state index contributed by atoms with van der Waals surface area (Å²) >= 11 is 0. The van der Waals surface area contributed by atoms with Gasteiger partial charge in [-0.1, -0.05) is 34.6 Å². The van der Waals surface area contributed by atoms with Gasteiger partial charge >= 0.3 is 6.03 Å². The molecule has 0 spiro atoms. The minimum Gasteiger partial charge on any atom is -0.333 e. The summed E-state index contributed by atoms with van der Waals surface area (Å²) in [7, 11) is 0. The summed E-state index contributed by atoms with van der Waals surface area (Å²) in [5, 5.41) is 3.17. The fourth-order valence-electron chi connectivity index (χ4n) is 2.59. The van der Waals surface area contributed by atoms with Crippen LogP contribution in [0.3, 0.4) is 0 Å². The van der Waals surface area contributed by atoms with Crippen LogP contribution in [0.1, 0.15) is 67.7 Å². The van der Waals surface area contributed by atoms with Crippen molar-refractivity contribution in [1.29, 1.82) is 0 Å². The standard InChI is InChI=1S/C15H32N2O/c1-8-10-17(11-9-2)13(18)16-15(6,7)12-14(3,4)5/h8-12H2,1-7H3,(H,16,18). The third-order valence-corrected chi connectivity index (χ3v) is 2.69. The average molecular weight is 256 g/mol. The molecule has 0 aliphatic rings. The predicted molar refractivity (Wildman–Crippen MR) is 78.8 cm³/mol. The number of hydrogen-bond acceptors (Lipinski definition) is 1. The van der Waals surface area contributed by atoms with Crippen molar-refractivity contribution in [2.45, 2.75) is 73.3 Å². The Bertz CT molecular complexity index is 248. The maximum atomic E-state index is 12.2. The molecule has 3 heteroatoms. The molecule has 0 fully saturated rings. The monoisotopic (exact) mass is 256 g/mol. The van der Waals surface area contributed by atoms with Crippen LogP contribution in [0.5, 0.6) is 0 Å². The van der Waals surface area contributed by atoms with Gasteiger partial charge in [-0.25, -0.2) is 4.79 Å². The van der Waals surface area contributed by atoms with Crippen LogP contribution in [0, 0.1) is 5.41 Å². The van der Waals surface area contributed by atoms with Crippen LogP contribution in [0.25, 0.3) is 0 Å². The second kappa shape index (κ2) is 7.01. The van der Waals surface area contributed by atoms with Gasteiger partial charge in [-0.3, -0.25) is 0 Å². The molecule has 0 bridgehead atoms. The number of nitrogens with one attached hydrogen (secondary N) is 1. The van der Waals surface area contributed by atoms with Crippen molar-refractivity contribution in [3.63, 3.8) is 0 Å².